The first-order valence-electron chi connectivity index (χ1n) is 8.23. The number of hydrogen-bond donors (Lipinski definition) is 1. The van der Waals surface area contributed by atoms with E-state index in [2.05, 4.69) is 32.5 Å². The Morgan fingerprint density at radius 1 is 1.16 bits per heavy atom. The number of piperazine rings is 1. The molecule has 1 aromatic carbocycles. The molecule has 1 amide bonds. The first-order valence-corrected chi connectivity index (χ1v) is 9.49. The molecule has 2 aromatic rings. The third kappa shape index (κ3) is 5.93. The molecule has 1 saturated heterocycles. The van der Waals surface area contributed by atoms with Gasteiger partial charge < -0.3 is 0 Å². The Balaban J connectivity index is 1.37. The SMILES string of the molecule is O=C(CN1CCN(Cc2ccc(Cl)cc2)CC1)NN=Cc1cccs1. The minimum absolute atomic E-state index is 0.0704. The van der Waals surface area contributed by atoms with Gasteiger partial charge in [-0.05, 0) is 29.1 Å². The third-order valence-corrected chi connectivity index (χ3v) is 5.13. The molecule has 1 aromatic heterocycles. The van der Waals surface area contributed by atoms with E-state index in [-0.39, 0.29) is 5.91 Å². The highest BCUT2D eigenvalue weighted by Gasteiger charge is 2.18. The van der Waals surface area contributed by atoms with Gasteiger partial charge in [-0.1, -0.05) is 29.8 Å². The molecule has 0 spiro atoms. The van der Waals surface area contributed by atoms with Crippen LogP contribution in [-0.4, -0.2) is 54.6 Å². The maximum atomic E-state index is 12.0. The average molecular weight is 377 g/mol. The van der Waals surface area contributed by atoms with Crippen LogP contribution < -0.4 is 5.43 Å². The second-order valence-corrected chi connectivity index (χ2v) is 7.40. The van der Waals surface area contributed by atoms with Crippen LogP contribution in [0.2, 0.25) is 5.02 Å². The summed E-state index contributed by atoms with van der Waals surface area (Å²) in [5.41, 5.74) is 3.86. The van der Waals surface area contributed by atoms with Crippen molar-refractivity contribution < 1.29 is 4.79 Å². The summed E-state index contributed by atoms with van der Waals surface area (Å²) < 4.78 is 0. The van der Waals surface area contributed by atoms with E-state index in [0.717, 1.165) is 42.6 Å². The van der Waals surface area contributed by atoms with Gasteiger partial charge in [-0.2, -0.15) is 5.10 Å². The first kappa shape index (κ1) is 18.1. The van der Waals surface area contributed by atoms with Crippen LogP contribution >= 0.6 is 22.9 Å². The Labute approximate surface area is 156 Å². The van der Waals surface area contributed by atoms with E-state index < -0.39 is 0 Å². The van der Waals surface area contributed by atoms with Gasteiger partial charge in [0.05, 0.1) is 12.8 Å². The Hall–Kier alpha value is -1.73. The highest BCUT2D eigenvalue weighted by molar-refractivity contribution is 7.11. The molecule has 25 heavy (non-hydrogen) atoms. The lowest BCUT2D eigenvalue weighted by atomic mass is 10.2. The Morgan fingerprint density at radius 3 is 2.56 bits per heavy atom. The molecule has 5 nitrogen and oxygen atoms in total. The summed E-state index contributed by atoms with van der Waals surface area (Å²) >= 11 is 7.51. The van der Waals surface area contributed by atoms with E-state index in [0.29, 0.717) is 6.54 Å². The van der Waals surface area contributed by atoms with Gasteiger partial charge in [0.25, 0.3) is 5.91 Å². The molecule has 0 bridgehead atoms. The summed E-state index contributed by atoms with van der Waals surface area (Å²) in [5, 5.41) is 6.74. The molecule has 132 valence electrons. The van der Waals surface area contributed by atoms with Crippen molar-refractivity contribution in [2.24, 2.45) is 5.10 Å². The van der Waals surface area contributed by atoms with Crippen molar-refractivity contribution >= 4 is 35.1 Å². The minimum Gasteiger partial charge on any atom is -0.297 e. The van der Waals surface area contributed by atoms with E-state index in [1.54, 1.807) is 17.6 Å². The monoisotopic (exact) mass is 376 g/mol. The number of amides is 1. The number of thiophene rings is 1. The number of nitrogens with zero attached hydrogens (tertiary/aromatic N) is 3. The van der Waals surface area contributed by atoms with E-state index >= 15 is 0 Å². The first-order chi connectivity index (χ1) is 12.2. The molecule has 2 heterocycles. The van der Waals surface area contributed by atoms with Crippen LogP contribution in [0.25, 0.3) is 0 Å². The van der Waals surface area contributed by atoms with Gasteiger partial charge in [-0.25, -0.2) is 5.43 Å². The molecule has 0 unspecified atom stereocenters. The number of carbonyl (C=O) groups excluding carboxylic acids is 1. The van der Waals surface area contributed by atoms with Crippen molar-refractivity contribution in [1.29, 1.82) is 0 Å². The van der Waals surface area contributed by atoms with Crippen LogP contribution in [0.5, 0.6) is 0 Å². The van der Waals surface area contributed by atoms with Gasteiger partial charge in [0, 0.05) is 42.6 Å². The van der Waals surface area contributed by atoms with Crippen molar-refractivity contribution in [2.45, 2.75) is 6.54 Å². The second kappa shape index (κ2) is 9.10. The molecule has 1 aliphatic heterocycles. The molecular formula is C18H21ClN4OS. The van der Waals surface area contributed by atoms with Crippen LogP contribution in [0.4, 0.5) is 0 Å². The minimum atomic E-state index is -0.0704. The highest BCUT2D eigenvalue weighted by atomic mass is 35.5. The molecular weight excluding hydrogens is 356 g/mol. The van der Waals surface area contributed by atoms with Crippen LogP contribution in [0.3, 0.4) is 0 Å². The molecule has 3 rings (SSSR count). The molecule has 0 atom stereocenters. The average Bonchev–Trinajstić information content (AvgIpc) is 3.12. The summed E-state index contributed by atoms with van der Waals surface area (Å²) in [4.78, 5) is 17.5. The fraction of sp³-hybridized carbons (Fsp3) is 0.333. The number of carbonyl (C=O) groups is 1. The highest BCUT2D eigenvalue weighted by Crippen LogP contribution is 2.12. The number of hydrogen-bond acceptors (Lipinski definition) is 5. The Kier molecular flexibility index (Phi) is 6.58. The van der Waals surface area contributed by atoms with Crippen molar-refractivity contribution in [3.8, 4) is 0 Å². The summed E-state index contributed by atoms with van der Waals surface area (Å²) in [6.45, 7) is 4.98. The topological polar surface area (TPSA) is 47.9 Å². The molecule has 0 radical (unpaired) electrons. The lowest BCUT2D eigenvalue weighted by molar-refractivity contribution is -0.122. The van der Waals surface area contributed by atoms with E-state index in [1.807, 2.05) is 29.6 Å². The van der Waals surface area contributed by atoms with E-state index in [4.69, 9.17) is 11.6 Å². The number of benzene rings is 1. The van der Waals surface area contributed by atoms with Crippen molar-refractivity contribution in [3.05, 3.63) is 57.2 Å². The van der Waals surface area contributed by atoms with Crippen LogP contribution in [0, 0.1) is 0 Å². The largest absolute Gasteiger partial charge is 0.297 e. The second-order valence-electron chi connectivity index (χ2n) is 5.99. The molecule has 1 fully saturated rings. The van der Waals surface area contributed by atoms with Gasteiger partial charge >= 0.3 is 0 Å². The zero-order chi connectivity index (χ0) is 17.5. The number of halogens is 1. The molecule has 7 heteroatoms. The molecule has 0 aliphatic carbocycles. The van der Waals surface area contributed by atoms with E-state index in [1.165, 1.54) is 5.56 Å². The molecule has 0 saturated carbocycles. The Morgan fingerprint density at radius 2 is 1.88 bits per heavy atom. The van der Waals surface area contributed by atoms with Crippen molar-refractivity contribution in [2.75, 3.05) is 32.7 Å². The van der Waals surface area contributed by atoms with Crippen LogP contribution in [0.15, 0.2) is 46.9 Å². The van der Waals surface area contributed by atoms with Crippen molar-refractivity contribution in [3.63, 3.8) is 0 Å². The van der Waals surface area contributed by atoms with Gasteiger partial charge in [0.2, 0.25) is 0 Å². The lowest BCUT2D eigenvalue weighted by Crippen LogP contribution is -2.48. The predicted octanol–water partition coefficient (Wildman–Crippen LogP) is 2.67. The van der Waals surface area contributed by atoms with Gasteiger partial charge in [-0.3, -0.25) is 14.6 Å². The van der Waals surface area contributed by atoms with Crippen LogP contribution in [-0.2, 0) is 11.3 Å². The third-order valence-electron chi connectivity index (χ3n) is 4.08. The number of rotatable bonds is 6. The fourth-order valence-corrected chi connectivity index (χ4v) is 3.44. The number of nitrogens with one attached hydrogen (secondary N) is 1. The normalized spacial score (nSPS) is 16.4. The smallest absolute Gasteiger partial charge is 0.254 e. The zero-order valence-electron chi connectivity index (χ0n) is 13.9. The standard InChI is InChI=1S/C18H21ClN4OS/c19-16-5-3-15(4-6-16)13-22-7-9-23(10-8-22)14-18(24)21-20-12-17-2-1-11-25-17/h1-6,11-12H,7-10,13-14H2,(H,21,24). The lowest BCUT2D eigenvalue weighted by Gasteiger charge is -2.34. The predicted molar refractivity (Wildman–Crippen MR) is 103 cm³/mol. The summed E-state index contributed by atoms with van der Waals surface area (Å²) in [6, 6.07) is 11.9. The maximum absolute atomic E-state index is 12.0. The fourth-order valence-electron chi connectivity index (χ4n) is 2.72. The summed E-state index contributed by atoms with van der Waals surface area (Å²) in [5.74, 6) is -0.0704. The van der Waals surface area contributed by atoms with Gasteiger partial charge in [0.1, 0.15) is 0 Å². The molecule has 1 N–H and O–H groups in total. The maximum Gasteiger partial charge on any atom is 0.254 e. The quantitative estimate of drug-likeness (QED) is 0.623. The van der Waals surface area contributed by atoms with E-state index in [9.17, 15) is 4.79 Å². The molecule has 1 aliphatic rings. The van der Waals surface area contributed by atoms with Gasteiger partial charge in [-0.15, -0.1) is 11.3 Å². The summed E-state index contributed by atoms with van der Waals surface area (Å²) in [7, 11) is 0. The zero-order valence-corrected chi connectivity index (χ0v) is 15.5. The van der Waals surface area contributed by atoms with Crippen molar-refractivity contribution in [1.82, 2.24) is 15.2 Å². The van der Waals surface area contributed by atoms with Gasteiger partial charge in [0.15, 0.2) is 0 Å². The Bertz CT molecular complexity index is 694. The number of hydrazone groups is 1. The van der Waals surface area contributed by atoms with Crippen LogP contribution in [0.1, 0.15) is 10.4 Å². The summed E-state index contributed by atoms with van der Waals surface area (Å²) in [6.07, 6.45) is 1.67.